The summed E-state index contributed by atoms with van der Waals surface area (Å²) < 4.78 is 29.4. The molecule has 0 amide bonds. The summed E-state index contributed by atoms with van der Waals surface area (Å²) in [6, 6.07) is 7.71. The van der Waals surface area contributed by atoms with Crippen molar-refractivity contribution < 1.29 is 18.0 Å². The largest absolute Gasteiger partial charge is 0.486 e. The second kappa shape index (κ2) is 7.93. The highest BCUT2D eigenvalue weighted by Gasteiger charge is 2.14. The Balaban J connectivity index is 1.31. The van der Waals surface area contributed by atoms with Gasteiger partial charge in [-0.2, -0.15) is 0 Å². The van der Waals surface area contributed by atoms with Crippen molar-refractivity contribution in [2.24, 2.45) is 0 Å². The third-order valence-corrected chi connectivity index (χ3v) is 5.34. The van der Waals surface area contributed by atoms with Crippen LogP contribution >= 0.6 is 23.1 Å². The SMILES string of the molecule is Cc1occc1-c1nnc(SCc2csc(COc3ccc(F)cc3)n2)o1. The summed E-state index contributed by atoms with van der Waals surface area (Å²) in [4.78, 5) is 4.52. The highest BCUT2D eigenvalue weighted by Crippen LogP contribution is 2.28. The van der Waals surface area contributed by atoms with Gasteiger partial charge in [-0.25, -0.2) is 9.37 Å². The molecule has 6 nitrogen and oxygen atoms in total. The molecule has 0 aliphatic carbocycles. The van der Waals surface area contributed by atoms with Crippen LogP contribution in [0.3, 0.4) is 0 Å². The summed E-state index contributed by atoms with van der Waals surface area (Å²) in [5, 5.41) is 11.4. The Morgan fingerprint density at radius 1 is 1.19 bits per heavy atom. The van der Waals surface area contributed by atoms with Crippen molar-refractivity contribution in [3.8, 4) is 17.2 Å². The third kappa shape index (κ3) is 4.37. The molecule has 0 aliphatic heterocycles. The van der Waals surface area contributed by atoms with Crippen molar-refractivity contribution in [2.45, 2.75) is 24.5 Å². The summed E-state index contributed by atoms with van der Waals surface area (Å²) in [7, 11) is 0. The number of nitrogens with zero attached hydrogens (tertiary/aromatic N) is 3. The summed E-state index contributed by atoms with van der Waals surface area (Å²) in [6.45, 7) is 2.18. The molecule has 4 aromatic rings. The van der Waals surface area contributed by atoms with Crippen LogP contribution in [0.2, 0.25) is 0 Å². The Labute approximate surface area is 162 Å². The molecule has 0 unspecified atom stereocenters. The first-order valence-corrected chi connectivity index (χ1v) is 9.86. The van der Waals surface area contributed by atoms with Crippen molar-refractivity contribution in [1.29, 1.82) is 0 Å². The highest BCUT2D eigenvalue weighted by atomic mass is 32.2. The van der Waals surface area contributed by atoms with Gasteiger partial charge < -0.3 is 13.6 Å². The van der Waals surface area contributed by atoms with E-state index >= 15 is 0 Å². The lowest BCUT2D eigenvalue weighted by atomic mass is 10.3. The van der Waals surface area contributed by atoms with Crippen LogP contribution in [0.4, 0.5) is 4.39 Å². The molecule has 0 aliphatic rings. The number of thiazole rings is 1. The monoisotopic (exact) mass is 403 g/mol. The first-order chi connectivity index (χ1) is 13.2. The van der Waals surface area contributed by atoms with Gasteiger partial charge in [-0.05, 0) is 37.3 Å². The molecule has 0 atom stereocenters. The maximum Gasteiger partial charge on any atom is 0.277 e. The lowest BCUT2D eigenvalue weighted by Gasteiger charge is -2.03. The van der Waals surface area contributed by atoms with Crippen molar-refractivity contribution in [3.05, 3.63) is 64.3 Å². The van der Waals surface area contributed by atoms with Gasteiger partial charge in [0.1, 0.15) is 28.9 Å². The second-order valence-electron chi connectivity index (χ2n) is 5.53. The van der Waals surface area contributed by atoms with Crippen LogP contribution in [0.5, 0.6) is 5.75 Å². The molecule has 0 spiro atoms. The van der Waals surface area contributed by atoms with Gasteiger partial charge in [-0.3, -0.25) is 0 Å². The predicted octanol–water partition coefficient (Wildman–Crippen LogP) is 5.10. The topological polar surface area (TPSA) is 74.2 Å². The molecular formula is C18H14FN3O3S2. The zero-order valence-electron chi connectivity index (χ0n) is 14.2. The fraction of sp³-hybridized carbons (Fsp3) is 0.167. The summed E-state index contributed by atoms with van der Waals surface area (Å²) in [6.07, 6.45) is 1.59. The maximum atomic E-state index is 12.9. The van der Waals surface area contributed by atoms with Crippen molar-refractivity contribution in [2.75, 3.05) is 0 Å². The Morgan fingerprint density at radius 2 is 2.04 bits per heavy atom. The number of halogens is 1. The minimum Gasteiger partial charge on any atom is -0.486 e. The summed E-state index contributed by atoms with van der Waals surface area (Å²) in [5.74, 6) is 2.10. The number of rotatable bonds is 7. The highest BCUT2D eigenvalue weighted by molar-refractivity contribution is 7.98. The van der Waals surface area contributed by atoms with E-state index in [4.69, 9.17) is 13.6 Å². The molecule has 0 saturated carbocycles. The van der Waals surface area contributed by atoms with Crippen molar-refractivity contribution in [3.63, 3.8) is 0 Å². The number of aryl methyl sites for hydroxylation is 1. The van der Waals surface area contributed by atoms with E-state index in [9.17, 15) is 4.39 Å². The van der Waals surface area contributed by atoms with Gasteiger partial charge in [0, 0.05) is 11.1 Å². The Kier molecular flexibility index (Phi) is 5.21. The first kappa shape index (κ1) is 17.7. The van der Waals surface area contributed by atoms with E-state index in [1.54, 1.807) is 24.5 Å². The van der Waals surface area contributed by atoms with Gasteiger partial charge in [0.15, 0.2) is 0 Å². The molecular weight excluding hydrogens is 389 g/mol. The normalized spacial score (nSPS) is 11.0. The molecule has 9 heteroatoms. The number of thioether (sulfide) groups is 1. The van der Waals surface area contributed by atoms with Crippen LogP contribution in [0.25, 0.3) is 11.5 Å². The van der Waals surface area contributed by atoms with Gasteiger partial charge in [-0.1, -0.05) is 11.8 Å². The number of aromatic nitrogens is 3. The fourth-order valence-corrected chi connectivity index (χ4v) is 3.74. The molecule has 0 N–H and O–H groups in total. The minimum atomic E-state index is -0.289. The number of furan rings is 1. The third-order valence-electron chi connectivity index (χ3n) is 3.61. The Morgan fingerprint density at radius 3 is 2.81 bits per heavy atom. The molecule has 3 heterocycles. The number of ether oxygens (including phenoxy) is 1. The smallest absolute Gasteiger partial charge is 0.277 e. The van der Waals surface area contributed by atoms with Crippen LogP contribution in [0.1, 0.15) is 16.5 Å². The van der Waals surface area contributed by atoms with E-state index in [1.165, 1.54) is 35.2 Å². The van der Waals surface area contributed by atoms with Gasteiger partial charge in [0.05, 0.1) is 17.5 Å². The Hall–Kier alpha value is -2.65. The summed E-state index contributed by atoms with van der Waals surface area (Å²) in [5.41, 5.74) is 1.70. The van der Waals surface area contributed by atoms with E-state index in [-0.39, 0.29) is 5.82 Å². The molecule has 27 heavy (non-hydrogen) atoms. The molecule has 4 rings (SSSR count). The van der Waals surface area contributed by atoms with E-state index in [0.29, 0.717) is 29.2 Å². The minimum absolute atomic E-state index is 0.289. The number of hydrogen-bond acceptors (Lipinski definition) is 8. The fourth-order valence-electron chi connectivity index (χ4n) is 2.28. The molecule has 138 valence electrons. The van der Waals surface area contributed by atoms with Gasteiger partial charge in [-0.15, -0.1) is 21.5 Å². The van der Waals surface area contributed by atoms with Gasteiger partial charge in [0.25, 0.3) is 11.1 Å². The average Bonchev–Trinajstić information content (AvgIpc) is 3.40. The number of benzene rings is 1. The predicted molar refractivity (Wildman–Crippen MR) is 99.1 cm³/mol. The van der Waals surface area contributed by atoms with Crippen molar-refractivity contribution in [1.82, 2.24) is 15.2 Å². The molecule has 3 aromatic heterocycles. The van der Waals surface area contributed by atoms with Crippen LogP contribution < -0.4 is 4.74 Å². The van der Waals surface area contributed by atoms with E-state index in [0.717, 1.165) is 22.0 Å². The molecule has 0 saturated heterocycles. The average molecular weight is 403 g/mol. The standard InChI is InChI=1S/C18H14FN3O3S2/c1-11-15(6-7-23-11)17-21-22-18(25-17)27-10-13-9-26-16(20-13)8-24-14-4-2-12(19)3-5-14/h2-7,9H,8,10H2,1H3. The van der Waals surface area contributed by atoms with Crippen LogP contribution in [0.15, 0.2) is 56.0 Å². The lowest BCUT2D eigenvalue weighted by Crippen LogP contribution is -1.95. The zero-order valence-corrected chi connectivity index (χ0v) is 15.8. The lowest BCUT2D eigenvalue weighted by molar-refractivity contribution is 0.305. The number of hydrogen-bond donors (Lipinski definition) is 0. The van der Waals surface area contributed by atoms with Gasteiger partial charge in [0.2, 0.25) is 0 Å². The van der Waals surface area contributed by atoms with Crippen LogP contribution in [-0.2, 0) is 12.4 Å². The molecule has 0 fully saturated rings. The van der Waals surface area contributed by atoms with Gasteiger partial charge >= 0.3 is 0 Å². The molecule has 1 aromatic carbocycles. The van der Waals surface area contributed by atoms with Crippen LogP contribution in [-0.4, -0.2) is 15.2 Å². The van der Waals surface area contributed by atoms with E-state index in [2.05, 4.69) is 15.2 Å². The molecule has 0 bridgehead atoms. The zero-order chi connectivity index (χ0) is 18.6. The quantitative estimate of drug-likeness (QED) is 0.397. The first-order valence-electron chi connectivity index (χ1n) is 8.00. The Bertz CT molecular complexity index is 1030. The van der Waals surface area contributed by atoms with Crippen molar-refractivity contribution >= 4 is 23.1 Å². The van der Waals surface area contributed by atoms with Crippen LogP contribution in [0, 0.1) is 12.7 Å². The summed E-state index contributed by atoms with van der Waals surface area (Å²) >= 11 is 2.93. The maximum absolute atomic E-state index is 12.9. The van der Waals surface area contributed by atoms with E-state index in [1.807, 2.05) is 12.3 Å². The van der Waals surface area contributed by atoms with E-state index < -0.39 is 0 Å². The molecule has 0 radical (unpaired) electrons. The second-order valence-corrected chi connectivity index (χ2v) is 7.40.